The van der Waals surface area contributed by atoms with Crippen LogP contribution in [0.5, 0.6) is 28.7 Å². The Labute approximate surface area is 174 Å². The fourth-order valence-corrected chi connectivity index (χ4v) is 3.25. The zero-order chi connectivity index (χ0) is 20.3. The monoisotopic (exact) mass is 398 g/mol. The molecule has 148 valence electrons. The summed E-state index contributed by atoms with van der Waals surface area (Å²) in [5.74, 6) is 9.73. The Morgan fingerprint density at radius 1 is 0.800 bits per heavy atom. The van der Waals surface area contributed by atoms with Crippen molar-refractivity contribution >= 4 is 6.08 Å². The third kappa shape index (κ3) is 3.51. The molecule has 3 aromatic carbocycles. The summed E-state index contributed by atoms with van der Waals surface area (Å²) < 4.78 is 28.0. The number of fused-ring (bicyclic) bond motifs is 2. The van der Waals surface area contributed by atoms with Gasteiger partial charge in [0, 0.05) is 23.8 Å². The molecule has 0 saturated carbocycles. The van der Waals surface area contributed by atoms with Gasteiger partial charge in [0.2, 0.25) is 13.6 Å². The Balaban J connectivity index is 1.50. The molecule has 0 aromatic heterocycles. The highest BCUT2D eigenvalue weighted by Gasteiger charge is 2.18. The van der Waals surface area contributed by atoms with Crippen LogP contribution in [0, 0.1) is 11.8 Å². The van der Waals surface area contributed by atoms with E-state index >= 15 is 0 Å². The molecule has 0 bridgehead atoms. The third-order valence-corrected chi connectivity index (χ3v) is 4.81. The Hall–Kier alpha value is -4.04. The highest BCUT2D eigenvalue weighted by atomic mass is 16.7. The van der Waals surface area contributed by atoms with Gasteiger partial charge in [0.15, 0.2) is 23.0 Å². The highest BCUT2D eigenvalue weighted by Crippen LogP contribution is 2.38. The summed E-state index contributed by atoms with van der Waals surface area (Å²) in [7, 11) is 0. The van der Waals surface area contributed by atoms with Crippen molar-refractivity contribution in [1.29, 1.82) is 0 Å². The second-order valence-electron chi connectivity index (χ2n) is 6.72. The summed E-state index contributed by atoms with van der Waals surface area (Å²) in [6.07, 6.45) is 1.75. The molecule has 3 aromatic rings. The van der Waals surface area contributed by atoms with Crippen LogP contribution in [0.3, 0.4) is 0 Å². The van der Waals surface area contributed by atoms with Crippen LogP contribution in [0.4, 0.5) is 0 Å². The quantitative estimate of drug-likeness (QED) is 0.593. The second-order valence-corrected chi connectivity index (χ2v) is 6.72. The predicted octanol–water partition coefficient (Wildman–Crippen LogP) is 4.77. The smallest absolute Gasteiger partial charge is 0.231 e. The minimum absolute atomic E-state index is 0.188. The van der Waals surface area contributed by atoms with Crippen molar-refractivity contribution < 1.29 is 23.7 Å². The molecule has 2 heterocycles. The van der Waals surface area contributed by atoms with Gasteiger partial charge in [0.1, 0.15) is 12.4 Å². The van der Waals surface area contributed by atoms with E-state index in [0.717, 1.165) is 16.7 Å². The zero-order valence-electron chi connectivity index (χ0n) is 16.1. The van der Waals surface area contributed by atoms with Gasteiger partial charge in [-0.1, -0.05) is 54.8 Å². The van der Waals surface area contributed by atoms with E-state index < -0.39 is 0 Å². The van der Waals surface area contributed by atoms with Crippen LogP contribution in [-0.2, 0) is 6.61 Å². The van der Waals surface area contributed by atoms with Gasteiger partial charge in [-0.15, -0.1) is 0 Å². The number of ether oxygens (including phenoxy) is 5. The van der Waals surface area contributed by atoms with Crippen molar-refractivity contribution in [2.24, 2.45) is 0 Å². The predicted molar refractivity (Wildman–Crippen MR) is 112 cm³/mol. The first kappa shape index (κ1) is 18.0. The lowest BCUT2D eigenvalue weighted by Gasteiger charge is -2.10. The highest BCUT2D eigenvalue weighted by molar-refractivity contribution is 5.66. The fraction of sp³-hybridized carbons (Fsp3) is 0.120. The summed E-state index contributed by atoms with van der Waals surface area (Å²) in [6, 6.07) is 17.4. The summed E-state index contributed by atoms with van der Waals surface area (Å²) in [4.78, 5) is 0. The average Bonchev–Trinajstić information content (AvgIpc) is 3.44. The first-order valence-corrected chi connectivity index (χ1v) is 9.48. The van der Waals surface area contributed by atoms with Crippen molar-refractivity contribution in [3.63, 3.8) is 0 Å². The number of hydrogen-bond donors (Lipinski definition) is 0. The van der Waals surface area contributed by atoms with E-state index in [9.17, 15) is 0 Å². The van der Waals surface area contributed by atoms with Gasteiger partial charge in [-0.2, -0.15) is 0 Å². The van der Waals surface area contributed by atoms with Crippen molar-refractivity contribution in [2.75, 3.05) is 13.6 Å². The van der Waals surface area contributed by atoms with Crippen LogP contribution < -0.4 is 23.7 Å². The Kier molecular flexibility index (Phi) is 4.66. The maximum absolute atomic E-state index is 6.06. The normalized spacial score (nSPS) is 12.8. The Morgan fingerprint density at radius 2 is 1.40 bits per heavy atom. The molecule has 0 unspecified atom stereocenters. The molecular formula is C25H18O5. The molecule has 5 heteroatoms. The van der Waals surface area contributed by atoms with Crippen molar-refractivity contribution in [3.05, 3.63) is 83.4 Å². The average molecular weight is 398 g/mol. The standard InChI is InChI=1S/C25H18O5/c1-2-18-10-22-23(28-15-27-22)11-19(18)8-9-20-12-24-25(30-16-29-24)13-21(20)26-14-17-6-4-3-5-7-17/h2-7,10-13H,1,14-16H2. The Morgan fingerprint density at radius 3 is 2.10 bits per heavy atom. The first-order valence-electron chi connectivity index (χ1n) is 9.48. The van der Waals surface area contributed by atoms with E-state index in [4.69, 9.17) is 23.7 Å². The van der Waals surface area contributed by atoms with E-state index in [1.54, 1.807) is 6.08 Å². The lowest BCUT2D eigenvalue weighted by atomic mass is 10.1. The minimum Gasteiger partial charge on any atom is -0.487 e. The zero-order valence-corrected chi connectivity index (χ0v) is 16.1. The Bertz CT molecular complexity index is 1170. The molecule has 2 aliphatic rings. The van der Waals surface area contributed by atoms with Crippen molar-refractivity contribution in [3.8, 4) is 40.6 Å². The van der Waals surface area contributed by atoms with Crippen LogP contribution >= 0.6 is 0 Å². The molecule has 5 nitrogen and oxygen atoms in total. The summed E-state index contributed by atoms with van der Waals surface area (Å²) in [6.45, 7) is 4.70. The number of benzene rings is 3. The van der Waals surface area contributed by atoms with Crippen LogP contribution in [-0.4, -0.2) is 13.6 Å². The maximum Gasteiger partial charge on any atom is 0.231 e. The van der Waals surface area contributed by atoms with E-state index in [2.05, 4.69) is 18.4 Å². The molecule has 0 amide bonds. The maximum atomic E-state index is 6.06. The largest absolute Gasteiger partial charge is 0.487 e. The molecule has 0 radical (unpaired) electrons. The molecule has 0 aliphatic carbocycles. The number of rotatable bonds is 4. The molecule has 0 atom stereocenters. The van der Waals surface area contributed by atoms with Crippen LogP contribution in [0.2, 0.25) is 0 Å². The fourth-order valence-electron chi connectivity index (χ4n) is 3.25. The lowest BCUT2D eigenvalue weighted by Crippen LogP contribution is -1.97. The molecule has 0 saturated heterocycles. The summed E-state index contributed by atoms with van der Waals surface area (Å²) in [5, 5.41) is 0. The van der Waals surface area contributed by atoms with Crippen LogP contribution in [0.1, 0.15) is 22.3 Å². The van der Waals surface area contributed by atoms with Gasteiger partial charge in [-0.05, 0) is 17.2 Å². The summed E-state index contributed by atoms with van der Waals surface area (Å²) >= 11 is 0. The van der Waals surface area contributed by atoms with Gasteiger partial charge in [0.05, 0.1) is 5.56 Å². The van der Waals surface area contributed by atoms with Crippen molar-refractivity contribution in [2.45, 2.75) is 6.61 Å². The van der Waals surface area contributed by atoms with Gasteiger partial charge >= 0.3 is 0 Å². The van der Waals surface area contributed by atoms with Crippen LogP contribution in [0.25, 0.3) is 6.08 Å². The van der Waals surface area contributed by atoms with Gasteiger partial charge in [-0.25, -0.2) is 0 Å². The molecular weight excluding hydrogens is 380 g/mol. The minimum atomic E-state index is 0.188. The van der Waals surface area contributed by atoms with Gasteiger partial charge in [0.25, 0.3) is 0 Å². The van der Waals surface area contributed by atoms with Gasteiger partial charge < -0.3 is 23.7 Å². The van der Waals surface area contributed by atoms with Crippen molar-refractivity contribution in [1.82, 2.24) is 0 Å². The second kappa shape index (κ2) is 7.76. The summed E-state index contributed by atoms with van der Waals surface area (Å²) in [5.41, 5.74) is 3.45. The molecule has 2 aliphatic heterocycles. The van der Waals surface area contributed by atoms with Crippen LogP contribution in [0.15, 0.2) is 61.2 Å². The lowest BCUT2D eigenvalue weighted by molar-refractivity contribution is 0.173. The SMILES string of the molecule is C=Cc1cc2c(cc1C#Cc1cc3c(cc1OCc1ccccc1)OCO3)OCO2. The molecule has 0 spiro atoms. The van der Waals surface area contributed by atoms with E-state index in [0.29, 0.717) is 40.9 Å². The van der Waals surface area contributed by atoms with Gasteiger partial charge in [-0.3, -0.25) is 0 Å². The van der Waals surface area contributed by atoms with E-state index in [1.165, 1.54) is 0 Å². The molecule has 5 rings (SSSR count). The molecule has 0 fully saturated rings. The third-order valence-electron chi connectivity index (χ3n) is 4.81. The number of hydrogen-bond acceptors (Lipinski definition) is 5. The first-order chi connectivity index (χ1) is 14.8. The molecule has 0 N–H and O–H groups in total. The topological polar surface area (TPSA) is 46.2 Å². The molecule has 30 heavy (non-hydrogen) atoms. The van der Waals surface area contributed by atoms with E-state index in [-0.39, 0.29) is 13.6 Å². The van der Waals surface area contributed by atoms with E-state index in [1.807, 2.05) is 54.6 Å².